The molecule has 1 aromatic heterocycles. The summed E-state index contributed by atoms with van der Waals surface area (Å²) in [5.41, 5.74) is 2.81. The molecule has 1 unspecified atom stereocenters. The van der Waals surface area contributed by atoms with Crippen molar-refractivity contribution in [3.63, 3.8) is 0 Å². The minimum atomic E-state index is -0.942. The number of hydrogen-bond acceptors (Lipinski definition) is 3. The first-order chi connectivity index (χ1) is 11.5. The number of carboxylic acids is 1. The molecule has 0 bridgehead atoms. The number of aromatic nitrogens is 1. The molecule has 2 heterocycles. The second-order valence-electron chi connectivity index (χ2n) is 5.57. The van der Waals surface area contributed by atoms with Crippen LogP contribution in [-0.4, -0.2) is 28.1 Å². The van der Waals surface area contributed by atoms with Gasteiger partial charge in [0.15, 0.2) is 0 Å². The minimum Gasteiger partial charge on any atom is -0.481 e. The molecule has 2 aromatic rings. The molecule has 3 rings (SSSR count). The number of carbonyl (C=O) groups is 2. The van der Waals surface area contributed by atoms with Crippen molar-refractivity contribution in [1.29, 1.82) is 0 Å². The van der Waals surface area contributed by atoms with Crippen LogP contribution in [0.3, 0.4) is 0 Å². The Bertz CT molecular complexity index is 772. The first-order valence-electron chi connectivity index (χ1n) is 7.61. The van der Waals surface area contributed by atoms with Gasteiger partial charge >= 0.3 is 5.97 Å². The molecule has 6 nitrogen and oxygen atoms in total. The molecule has 0 saturated heterocycles. The van der Waals surface area contributed by atoms with Crippen molar-refractivity contribution in [3.8, 4) is 5.69 Å². The highest BCUT2D eigenvalue weighted by Gasteiger charge is 2.24. The highest BCUT2D eigenvalue weighted by molar-refractivity contribution is 6.30. The van der Waals surface area contributed by atoms with Gasteiger partial charge in [0.05, 0.1) is 30.8 Å². The van der Waals surface area contributed by atoms with Gasteiger partial charge < -0.3 is 19.7 Å². The Hall–Kier alpha value is -2.31. The van der Waals surface area contributed by atoms with E-state index in [4.69, 9.17) is 21.4 Å². The molecule has 1 amide bonds. The van der Waals surface area contributed by atoms with Crippen molar-refractivity contribution in [1.82, 2.24) is 9.88 Å². The van der Waals surface area contributed by atoms with Crippen molar-refractivity contribution >= 4 is 23.5 Å². The quantitative estimate of drug-likeness (QED) is 0.870. The van der Waals surface area contributed by atoms with Gasteiger partial charge in [-0.3, -0.25) is 9.59 Å². The molecule has 7 heteroatoms. The molecule has 24 heavy (non-hydrogen) atoms. The Morgan fingerprint density at radius 2 is 2.21 bits per heavy atom. The third-order valence-electron chi connectivity index (χ3n) is 3.88. The summed E-state index contributed by atoms with van der Waals surface area (Å²) in [5, 5.41) is 11.9. The SMILES string of the molecule is O=C(O)CCNC(=O)CC1OCc2cc(Cl)ccc2-n2cccc21. The second-order valence-corrected chi connectivity index (χ2v) is 6.01. The number of hydrogen-bond donors (Lipinski definition) is 2. The average molecular weight is 349 g/mol. The maximum absolute atomic E-state index is 12.0. The van der Waals surface area contributed by atoms with Crippen LogP contribution in [0.1, 0.15) is 30.2 Å². The summed E-state index contributed by atoms with van der Waals surface area (Å²) < 4.78 is 7.90. The Kier molecular flexibility index (Phi) is 4.87. The van der Waals surface area contributed by atoms with Crippen molar-refractivity contribution in [3.05, 3.63) is 52.8 Å². The summed E-state index contributed by atoms with van der Waals surface area (Å²) in [7, 11) is 0. The summed E-state index contributed by atoms with van der Waals surface area (Å²) >= 11 is 6.06. The van der Waals surface area contributed by atoms with Gasteiger partial charge in [-0.15, -0.1) is 0 Å². The molecule has 1 aliphatic heterocycles. The molecule has 0 fully saturated rings. The topological polar surface area (TPSA) is 80.6 Å². The average Bonchev–Trinajstić information content (AvgIpc) is 2.95. The van der Waals surface area contributed by atoms with E-state index >= 15 is 0 Å². The van der Waals surface area contributed by atoms with Gasteiger partial charge in [-0.2, -0.15) is 0 Å². The lowest BCUT2D eigenvalue weighted by Gasteiger charge is -2.16. The number of carboxylic acid groups (broad SMARTS) is 1. The van der Waals surface area contributed by atoms with E-state index in [0.29, 0.717) is 11.6 Å². The Labute approximate surface area is 144 Å². The van der Waals surface area contributed by atoms with Crippen LogP contribution in [0.15, 0.2) is 36.5 Å². The fraction of sp³-hybridized carbons (Fsp3) is 0.294. The Morgan fingerprint density at radius 3 is 3.00 bits per heavy atom. The van der Waals surface area contributed by atoms with Gasteiger partial charge in [0, 0.05) is 23.3 Å². The third kappa shape index (κ3) is 3.60. The highest BCUT2D eigenvalue weighted by Crippen LogP contribution is 2.32. The molecular weight excluding hydrogens is 332 g/mol. The van der Waals surface area contributed by atoms with E-state index < -0.39 is 12.1 Å². The van der Waals surface area contributed by atoms with Crippen LogP contribution in [0, 0.1) is 0 Å². The molecule has 2 N–H and O–H groups in total. The molecule has 1 aromatic carbocycles. The number of aliphatic carboxylic acids is 1. The van der Waals surface area contributed by atoms with Crippen LogP contribution < -0.4 is 5.32 Å². The van der Waals surface area contributed by atoms with Crippen LogP contribution in [0.25, 0.3) is 5.69 Å². The predicted octanol–water partition coefficient (Wildman–Crippen LogP) is 2.68. The number of nitrogens with one attached hydrogen (secondary N) is 1. The second kappa shape index (κ2) is 7.07. The van der Waals surface area contributed by atoms with Gasteiger partial charge in [0.1, 0.15) is 6.10 Å². The molecule has 1 aliphatic rings. The largest absolute Gasteiger partial charge is 0.481 e. The zero-order valence-electron chi connectivity index (χ0n) is 12.9. The van der Waals surface area contributed by atoms with Gasteiger partial charge in [-0.1, -0.05) is 11.6 Å². The van der Waals surface area contributed by atoms with Crippen LogP contribution in [0.4, 0.5) is 0 Å². The smallest absolute Gasteiger partial charge is 0.305 e. The molecular formula is C17H17ClN2O4. The molecule has 0 saturated carbocycles. The third-order valence-corrected chi connectivity index (χ3v) is 4.12. The van der Waals surface area contributed by atoms with Crippen LogP contribution in [0.5, 0.6) is 0 Å². The van der Waals surface area contributed by atoms with E-state index in [1.165, 1.54) is 0 Å². The molecule has 0 radical (unpaired) electrons. The van der Waals surface area contributed by atoms with Gasteiger partial charge in [0.2, 0.25) is 5.91 Å². The summed E-state index contributed by atoms with van der Waals surface area (Å²) in [6.07, 6.45) is 1.55. The lowest BCUT2D eigenvalue weighted by atomic mass is 10.1. The number of halogens is 1. The first kappa shape index (κ1) is 16.5. The zero-order valence-corrected chi connectivity index (χ0v) is 13.6. The van der Waals surface area contributed by atoms with Gasteiger partial charge in [-0.05, 0) is 30.3 Å². The summed E-state index contributed by atoms with van der Waals surface area (Å²) in [6, 6.07) is 9.43. The summed E-state index contributed by atoms with van der Waals surface area (Å²) in [5.74, 6) is -1.18. The number of amides is 1. The predicted molar refractivity (Wildman–Crippen MR) is 88.2 cm³/mol. The van der Waals surface area contributed by atoms with Crippen molar-refractivity contribution in [2.45, 2.75) is 25.6 Å². The van der Waals surface area contributed by atoms with E-state index in [-0.39, 0.29) is 25.3 Å². The van der Waals surface area contributed by atoms with Crippen molar-refractivity contribution in [2.75, 3.05) is 6.54 Å². The van der Waals surface area contributed by atoms with E-state index in [0.717, 1.165) is 16.9 Å². The summed E-state index contributed by atoms with van der Waals surface area (Å²) in [4.78, 5) is 22.6. The first-order valence-corrected chi connectivity index (χ1v) is 7.98. The minimum absolute atomic E-state index is 0.0996. The Balaban J connectivity index is 1.76. The zero-order chi connectivity index (χ0) is 17.1. The standard InChI is InChI=1S/C17H17ClN2O4/c18-12-3-4-13-11(8-12)10-24-15(14-2-1-7-20(13)14)9-16(21)19-6-5-17(22)23/h1-4,7-8,15H,5-6,9-10H2,(H,19,21)(H,22,23). The lowest BCUT2D eigenvalue weighted by molar-refractivity contribution is -0.137. The fourth-order valence-corrected chi connectivity index (χ4v) is 2.96. The number of ether oxygens (including phenoxy) is 1. The van der Waals surface area contributed by atoms with E-state index in [9.17, 15) is 9.59 Å². The highest BCUT2D eigenvalue weighted by atomic mass is 35.5. The fourth-order valence-electron chi connectivity index (χ4n) is 2.77. The monoisotopic (exact) mass is 348 g/mol. The molecule has 0 aliphatic carbocycles. The lowest BCUT2D eigenvalue weighted by Crippen LogP contribution is -2.28. The molecule has 126 valence electrons. The van der Waals surface area contributed by atoms with Crippen LogP contribution in [0.2, 0.25) is 5.02 Å². The maximum Gasteiger partial charge on any atom is 0.305 e. The number of benzene rings is 1. The summed E-state index contributed by atoms with van der Waals surface area (Å²) in [6.45, 7) is 0.461. The normalized spacial score (nSPS) is 16.0. The number of fused-ring (bicyclic) bond motifs is 3. The molecule has 1 atom stereocenters. The number of rotatable bonds is 5. The van der Waals surface area contributed by atoms with Crippen molar-refractivity contribution in [2.24, 2.45) is 0 Å². The maximum atomic E-state index is 12.0. The van der Waals surface area contributed by atoms with E-state index in [2.05, 4.69) is 5.32 Å². The van der Waals surface area contributed by atoms with E-state index in [1.54, 1.807) is 0 Å². The Morgan fingerprint density at radius 1 is 1.38 bits per heavy atom. The number of nitrogens with zero attached hydrogens (tertiary/aromatic N) is 1. The van der Waals surface area contributed by atoms with Gasteiger partial charge in [-0.25, -0.2) is 0 Å². The van der Waals surface area contributed by atoms with Crippen LogP contribution >= 0.6 is 11.6 Å². The molecule has 0 spiro atoms. The van der Waals surface area contributed by atoms with Crippen molar-refractivity contribution < 1.29 is 19.4 Å². The van der Waals surface area contributed by atoms with Crippen LogP contribution in [-0.2, 0) is 20.9 Å². The number of carbonyl (C=O) groups excluding carboxylic acids is 1. The van der Waals surface area contributed by atoms with Gasteiger partial charge in [0.25, 0.3) is 0 Å². The van der Waals surface area contributed by atoms with E-state index in [1.807, 2.05) is 41.1 Å².